The summed E-state index contributed by atoms with van der Waals surface area (Å²) in [6.45, 7) is 21.0. The molecule has 0 fully saturated rings. The Kier molecular flexibility index (Phi) is 6.19. The van der Waals surface area contributed by atoms with Crippen molar-refractivity contribution in [3.8, 4) is 11.1 Å². The molecule has 4 heterocycles. The predicted octanol–water partition coefficient (Wildman–Crippen LogP) is 12.0. The van der Waals surface area contributed by atoms with Crippen molar-refractivity contribution in [1.82, 2.24) is 4.48 Å². The number of anilines is 3. The third-order valence-corrected chi connectivity index (χ3v) is 11.8. The van der Waals surface area contributed by atoms with Gasteiger partial charge in [0, 0.05) is 49.5 Å². The predicted molar refractivity (Wildman–Crippen MR) is 223 cm³/mol. The van der Waals surface area contributed by atoms with Gasteiger partial charge in [-0.15, -0.1) is 0 Å². The molecule has 256 valence electrons. The maximum atomic E-state index is 7.09. The Balaban J connectivity index is 1.46. The number of nitrogens with zero attached hydrogens (tertiary/aromatic N) is 2. The number of furan rings is 1. The van der Waals surface area contributed by atoms with Crippen LogP contribution in [0.3, 0.4) is 0 Å². The SMILES string of the molecule is CC(C)(C)c1cc(N2c3c(cccc3C(C)(C)C)B3c4c(cc5c(oc6ccccc65)c42)-c2cccc4c5ccccc5n3c24)cc(C(C)(C)C)c1. The Morgan fingerprint density at radius 1 is 0.538 bits per heavy atom. The van der Waals surface area contributed by atoms with Crippen molar-refractivity contribution in [2.45, 2.75) is 78.6 Å². The number of hydrogen-bond acceptors (Lipinski definition) is 2. The number of para-hydroxylation sites is 4. The van der Waals surface area contributed by atoms with Gasteiger partial charge in [0.1, 0.15) is 5.58 Å². The minimum atomic E-state index is -0.124. The topological polar surface area (TPSA) is 21.3 Å². The van der Waals surface area contributed by atoms with Gasteiger partial charge in [0.15, 0.2) is 5.58 Å². The fourth-order valence-corrected chi connectivity index (χ4v) is 9.15. The standard InChI is InChI=1S/C48H45BN2O/c1-46(2,3)28-24-29(47(4,5)6)26-30(25-28)50-43-37(48(7,8)9)20-15-21-38(43)49-41-35(27-36-32-17-11-13-23-40(32)52-45(36)44(41)50)34-19-14-18-33-31-16-10-12-22-39(31)51(49)42(33)34/h10-27H,1-9H3. The van der Waals surface area contributed by atoms with Gasteiger partial charge in [-0.05, 0) is 79.8 Å². The van der Waals surface area contributed by atoms with Crippen LogP contribution in [0.15, 0.2) is 114 Å². The van der Waals surface area contributed by atoms with Gasteiger partial charge in [-0.1, -0.05) is 141 Å². The van der Waals surface area contributed by atoms with Crippen LogP contribution in [0.4, 0.5) is 17.1 Å². The van der Waals surface area contributed by atoms with E-state index in [9.17, 15) is 0 Å². The molecular formula is C48H45BN2O. The first-order chi connectivity index (χ1) is 24.7. The second-order valence-corrected chi connectivity index (χ2v) is 18.3. The highest BCUT2D eigenvalue weighted by molar-refractivity contribution is 6.90. The van der Waals surface area contributed by atoms with Crippen LogP contribution in [0.25, 0.3) is 54.9 Å². The van der Waals surface area contributed by atoms with Crippen LogP contribution in [-0.2, 0) is 16.2 Å². The fraction of sp³-hybridized carbons (Fsp3) is 0.250. The monoisotopic (exact) mass is 676 g/mol. The Hall–Kier alpha value is -5.22. The third-order valence-electron chi connectivity index (χ3n) is 11.8. The molecule has 0 radical (unpaired) electrons. The summed E-state index contributed by atoms with van der Waals surface area (Å²) in [6.07, 6.45) is 0. The van der Waals surface area contributed by atoms with Gasteiger partial charge in [-0.3, -0.25) is 0 Å². The minimum Gasteiger partial charge on any atom is -0.454 e. The van der Waals surface area contributed by atoms with E-state index in [1.807, 2.05) is 0 Å². The summed E-state index contributed by atoms with van der Waals surface area (Å²) < 4.78 is 9.74. The molecule has 52 heavy (non-hydrogen) atoms. The van der Waals surface area contributed by atoms with Crippen molar-refractivity contribution in [1.29, 1.82) is 0 Å². The van der Waals surface area contributed by atoms with E-state index in [0.29, 0.717) is 0 Å². The zero-order valence-electron chi connectivity index (χ0n) is 31.8. The van der Waals surface area contributed by atoms with Gasteiger partial charge in [0.2, 0.25) is 0 Å². The highest BCUT2D eigenvalue weighted by Crippen LogP contribution is 2.52. The minimum absolute atomic E-state index is 0.0404. The average molecular weight is 677 g/mol. The molecule has 0 atom stereocenters. The highest BCUT2D eigenvalue weighted by atomic mass is 16.3. The summed E-state index contributed by atoms with van der Waals surface area (Å²) in [5.74, 6) is 0. The van der Waals surface area contributed by atoms with Crippen LogP contribution in [0, 0.1) is 0 Å². The first-order valence-corrected chi connectivity index (χ1v) is 18.8. The number of hydrogen-bond donors (Lipinski definition) is 0. The zero-order chi connectivity index (χ0) is 36.1. The summed E-state index contributed by atoms with van der Waals surface area (Å²) in [5.41, 5.74) is 17.1. The number of rotatable bonds is 1. The molecule has 0 unspecified atom stereocenters. The fourth-order valence-electron chi connectivity index (χ4n) is 9.15. The Morgan fingerprint density at radius 2 is 1.19 bits per heavy atom. The molecule has 0 aliphatic carbocycles. The molecule has 0 saturated carbocycles. The van der Waals surface area contributed by atoms with E-state index >= 15 is 0 Å². The Labute approximate surface area is 307 Å². The summed E-state index contributed by atoms with van der Waals surface area (Å²) in [5, 5.41) is 4.92. The first-order valence-electron chi connectivity index (χ1n) is 18.8. The molecule has 0 bridgehead atoms. The zero-order valence-corrected chi connectivity index (χ0v) is 31.8. The van der Waals surface area contributed by atoms with Crippen molar-refractivity contribution >= 4 is 78.6 Å². The second-order valence-electron chi connectivity index (χ2n) is 18.3. The molecule has 0 N–H and O–H groups in total. The van der Waals surface area contributed by atoms with Gasteiger partial charge < -0.3 is 13.8 Å². The lowest BCUT2D eigenvalue weighted by molar-refractivity contribution is 0.568. The maximum absolute atomic E-state index is 7.09. The van der Waals surface area contributed by atoms with Crippen molar-refractivity contribution in [2.75, 3.05) is 4.90 Å². The lowest BCUT2D eigenvalue weighted by Crippen LogP contribution is -2.57. The Bertz CT molecular complexity index is 2780. The molecule has 8 aromatic rings. The van der Waals surface area contributed by atoms with Gasteiger partial charge in [0.05, 0.1) is 5.69 Å². The van der Waals surface area contributed by atoms with E-state index in [0.717, 1.165) is 27.6 Å². The molecule has 2 aromatic heterocycles. The summed E-state index contributed by atoms with van der Waals surface area (Å²) in [6, 6.07) is 41.2. The Morgan fingerprint density at radius 3 is 1.90 bits per heavy atom. The molecule has 0 amide bonds. The molecule has 2 aliphatic heterocycles. The number of fused-ring (bicyclic) bond motifs is 11. The second kappa shape index (κ2) is 10.2. The number of benzene rings is 6. The van der Waals surface area contributed by atoms with Crippen LogP contribution in [-0.4, -0.2) is 11.3 Å². The van der Waals surface area contributed by atoms with Gasteiger partial charge in [-0.25, -0.2) is 0 Å². The van der Waals surface area contributed by atoms with Gasteiger partial charge in [0.25, 0.3) is 0 Å². The van der Waals surface area contributed by atoms with E-state index in [2.05, 4.69) is 181 Å². The number of aromatic nitrogens is 1. The molecule has 0 spiro atoms. The van der Waals surface area contributed by atoms with Gasteiger partial charge >= 0.3 is 6.85 Å². The summed E-state index contributed by atoms with van der Waals surface area (Å²) in [4.78, 5) is 2.61. The lowest BCUT2D eigenvalue weighted by Gasteiger charge is -2.43. The lowest BCUT2D eigenvalue weighted by atomic mass is 9.44. The van der Waals surface area contributed by atoms with Crippen LogP contribution in [0.1, 0.15) is 79.0 Å². The quantitative estimate of drug-likeness (QED) is 0.161. The van der Waals surface area contributed by atoms with Crippen LogP contribution in [0.2, 0.25) is 0 Å². The van der Waals surface area contributed by atoms with Crippen molar-refractivity contribution in [2.24, 2.45) is 0 Å². The molecule has 2 aliphatic rings. The molecular weight excluding hydrogens is 631 g/mol. The third kappa shape index (κ3) is 4.21. The normalized spacial score (nSPS) is 14.2. The van der Waals surface area contributed by atoms with E-state index in [-0.39, 0.29) is 23.1 Å². The molecule has 3 nitrogen and oxygen atoms in total. The molecule has 6 aromatic carbocycles. The van der Waals surface area contributed by atoms with Crippen LogP contribution < -0.4 is 15.8 Å². The van der Waals surface area contributed by atoms with Crippen molar-refractivity contribution in [3.63, 3.8) is 0 Å². The molecule has 0 saturated heterocycles. The molecule has 10 rings (SSSR count). The van der Waals surface area contributed by atoms with Crippen LogP contribution >= 0.6 is 0 Å². The van der Waals surface area contributed by atoms with E-state index < -0.39 is 0 Å². The largest absolute Gasteiger partial charge is 0.454 e. The summed E-state index contributed by atoms with van der Waals surface area (Å²) >= 11 is 0. The average Bonchev–Trinajstić information content (AvgIpc) is 3.65. The molecule has 4 heteroatoms. The smallest absolute Gasteiger partial charge is 0.333 e. The van der Waals surface area contributed by atoms with Crippen molar-refractivity contribution in [3.05, 3.63) is 126 Å². The van der Waals surface area contributed by atoms with Crippen LogP contribution in [0.5, 0.6) is 0 Å². The van der Waals surface area contributed by atoms with Crippen molar-refractivity contribution < 1.29 is 4.42 Å². The van der Waals surface area contributed by atoms with E-state index in [1.54, 1.807) is 0 Å². The summed E-state index contributed by atoms with van der Waals surface area (Å²) in [7, 11) is 0. The first kappa shape index (κ1) is 31.5. The van der Waals surface area contributed by atoms with Gasteiger partial charge in [-0.2, -0.15) is 0 Å². The highest BCUT2D eigenvalue weighted by Gasteiger charge is 2.46. The maximum Gasteiger partial charge on any atom is 0.333 e. The van der Waals surface area contributed by atoms with E-state index in [4.69, 9.17) is 4.42 Å². The van der Waals surface area contributed by atoms with E-state index in [1.165, 1.54) is 71.9 Å².